The van der Waals surface area contributed by atoms with E-state index < -0.39 is 50.2 Å². The van der Waals surface area contributed by atoms with Gasteiger partial charge in [-0.05, 0) is 24.1 Å². The molecule has 6 nitrogen and oxygen atoms in total. The standard InChI is InChI=1S/C13H13F3N2O4S/c1-7(2)11(12(19)20)18-23(21,22)9-3-4-10(13(14,15)16)8(5-9)6-17/h3-5,7,11,18H,1-2H3,(H,19,20). The van der Waals surface area contributed by atoms with E-state index in [0.717, 1.165) is 0 Å². The Bertz CT molecular complexity index is 751. The van der Waals surface area contributed by atoms with Crippen molar-refractivity contribution in [1.82, 2.24) is 4.72 Å². The van der Waals surface area contributed by atoms with E-state index in [-0.39, 0.29) is 0 Å². The van der Waals surface area contributed by atoms with Gasteiger partial charge in [-0.25, -0.2) is 8.42 Å². The first kappa shape index (κ1) is 18.9. The molecule has 0 amide bonds. The lowest BCUT2D eigenvalue weighted by Gasteiger charge is -2.18. The van der Waals surface area contributed by atoms with E-state index >= 15 is 0 Å². The van der Waals surface area contributed by atoms with Crippen LogP contribution in [0.1, 0.15) is 25.0 Å². The van der Waals surface area contributed by atoms with Gasteiger partial charge in [0, 0.05) is 0 Å². The molecule has 0 aliphatic carbocycles. The topological polar surface area (TPSA) is 107 Å². The van der Waals surface area contributed by atoms with Gasteiger partial charge in [-0.2, -0.15) is 23.2 Å². The summed E-state index contributed by atoms with van der Waals surface area (Å²) in [5, 5.41) is 17.7. The molecule has 0 aromatic heterocycles. The normalized spacial score (nSPS) is 13.6. The summed E-state index contributed by atoms with van der Waals surface area (Å²) in [5.41, 5.74) is -2.13. The van der Waals surface area contributed by atoms with E-state index in [2.05, 4.69) is 0 Å². The SMILES string of the molecule is CC(C)C(NS(=O)(=O)c1ccc(C(F)(F)F)c(C#N)c1)C(=O)O. The van der Waals surface area contributed by atoms with Crippen molar-refractivity contribution in [2.75, 3.05) is 0 Å². The Balaban J connectivity index is 3.31. The molecule has 126 valence electrons. The Kier molecular flexibility index (Phi) is 5.39. The van der Waals surface area contributed by atoms with Gasteiger partial charge in [0.15, 0.2) is 0 Å². The van der Waals surface area contributed by atoms with Crippen molar-refractivity contribution in [2.24, 2.45) is 5.92 Å². The number of hydrogen-bond acceptors (Lipinski definition) is 4. The molecule has 1 unspecified atom stereocenters. The van der Waals surface area contributed by atoms with Crippen molar-refractivity contribution in [1.29, 1.82) is 5.26 Å². The molecule has 0 aliphatic rings. The van der Waals surface area contributed by atoms with Gasteiger partial charge >= 0.3 is 12.1 Å². The predicted octanol–water partition coefficient (Wildman–Crippen LogP) is 1.96. The average molecular weight is 350 g/mol. The smallest absolute Gasteiger partial charge is 0.417 e. The zero-order chi connectivity index (χ0) is 18.0. The zero-order valence-electron chi connectivity index (χ0n) is 12.0. The third-order valence-electron chi connectivity index (χ3n) is 2.94. The lowest BCUT2D eigenvalue weighted by atomic mass is 10.1. The Labute approximate surface area is 130 Å². The predicted molar refractivity (Wildman–Crippen MR) is 72.7 cm³/mol. The van der Waals surface area contributed by atoms with Crippen molar-refractivity contribution in [3.63, 3.8) is 0 Å². The summed E-state index contributed by atoms with van der Waals surface area (Å²) in [5.74, 6) is -2.01. The Morgan fingerprint density at radius 3 is 2.30 bits per heavy atom. The average Bonchev–Trinajstić information content (AvgIpc) is 2.42. The third kappa shape index (κ3) is 4.43. The molecule has 1 atom stereocenters. The minimum absolute atomic E-state index is 0.471. The van der Waals surface area contributed by atoms with Crippen LogP contribution in [0.5, 0.6) is 0 Å². The molecular formula is C13H13F3N2O4S. The number of aliphatic carboxylic acids is 1. The zero-order valence-corrected chi connectivity index (χ0v) is 12.9. The number of carboxylic acid groups (broad SMARTS) is 1. The second-order valence-electron chi connectivity index (χ2n) is 5.00. The fraction of sp³-hybridized carbons (Fsp3) is 0.385. The van der Waals surface area contributed by atoms with Crippen LogP contribution in [0.3, 0.4) is 0 Å². The molecule has 0 aliphatic heterocycles. The van der Waals surface area contributed by atoms with Crippen molar-refractivity contribution < 1.29 is 31.5 Å². The first-order valence-corrected chi connectivity index (χ1v) is 7.75. The molecule has 0 spiro atoms. The number of sulfonamides is 1. The maximum Gasteiger partial charge on any atom is 0.417 e. The van der Waals surface area contributed by atoms with Crippen LogP contribution >= 0.6 is 0 Å². The molecular weight excluding hydrogens is 337 g/mol. The van der Waals surface area contributed by atoms with Crippen LogP contribution in [-0.2, 0) is 21.0 Å². The number of hydrogen-bond donors (Lipinski definition) is 2. The van der Waals surface area contributed by atoms with Crippen LogP contribution in [0.15, 0.2) is 23.1 Å². The van der Waals surface area contributed by atoms with Gasteiger partial charge in [-0.15, -0.1) is 0 Å². The molecule has 0 heterocycles. The number of rotatable bonds is 5. The van der Waals surface area contributed by atoms with Gasteiger partial charge in [0.25, 0.3) is 0 Å². The highest BCUT2D eigenvalue weighted by Gasteiger charge is 2.35. The molecule has 1 aromatic carbocycles. The van der Waals surface area contributed by atoms with Gasteiger partial charge in [-0.3, -0.25) is 4.79 Å². The molecule has 0 radical (unpaired) electrons. The first-order chi connectivity index (χ1) is 10.4. The molecule has 0 bridgehead atoms. The summed E-state index contributed by atoms with van der Waals surface area (Å²) in [6.45, 7) is 2.93. The largest absolute Gasteiger partial charge is 0.480 e. The maximum atomic E-state index is 12.7. The Morgan fingerprint density at radius 2 is 1.91 bits per heavy atom. The Morgan fingerprint density at radius 1 is 1.35 bits per heavy atom. The summed E-state index contributed by atoms with van der Waals surface area (Å²) in [6, 6.07) is 1.54. The van der Waals surface area contributed by atoms with Gasteiger partial charge < -0.3 is 5.11 Å². The molecule has 1 aromatic rings. The van der Waals surface area contributed by atoms with E-state index in [4.69, 9.17) is 10.4 Å². The van der Waals surface area contributed by atoms with E-state index in [1.165, 1.54) is 19.9 Å². The molecule has 0 fully saturated rings. The summed E-state index contributed by atoms with van der Waals surface area (Å²) < 4.78 is 64.2. The van der Waals surface area contributed by atoms with E-state index in [0.29, 0.717) is 18.2 Å². The highest BCUT2D eigenvalue weighted by atomic mass is 32.2. The molecule has 0 saturated carbocycles. The first-order valence-electron chi connectivity index (χ1n) is 6.26. The number of carboxylic acids is 1. The van der Waals surface area contributed by atoms with Crippen LogP contribution in [0, 0.1) is 17.2 Å². The van der Waals surface area contributed by atoms with Crippen LogP contribution in [-0.4, -0.2) is 25.5 Å². The summed E-state index contributed by atoms with van der Waals surface area (Å²) >= 11 is 0. The van der Waals surface area contributed by atoms with Crippen molar-refractivity contribution in [3.8, 4) is 6.07 Å². The second-order valence-corrected chi connectivity index (χ2v) is 6.71. The summed E-state index contributed by atoms with van der Waals surface area (Å²) in [7, 11) is -4.39. The number of nitrogens with zero attached hydrogens (tertiary/aromatic N) is 1. The third-order valence-corrected chi connectivity index (χ3v) is 4.38. The fourth-order valence-corrected chi connectivity index (χ4v) is 3.10. The second kappa shape index (κ2) is 6.55. The Hall–Kier alpha value is -2.12. The summed E-state index contributed by atoms with van der Waals surface area (Å²) in [6.07, 6.45) is -4.80. The molecule has 10 heteroatoms. The van der Waals surface area contributed by atoms with E-state index in [1.807, 2.05) is 4.72 Å². The van der Waals surface area contributed by atoms with Gasteiger partial charge in [0.2, 0.25) is 10.0 Å². The number of nitriles is 1. The summed E-state index contributed by atoms with van der Waals surface area (Å²) in [4.78, 5) is 10.4. The molecule has 1 rings (SSSR count). The van der Waals surface area contributed by atoms with E-state index in [9.17, 15) is 26.4 Å². The maximum absolute atomic E-state index is 12.7. The highest BCUT2D eigenvalue weighted by molar-refractivity contribution is 7.89. The molecule has 2 N–H and O–H groups in total. The highest BCUT2D eigenvalue weighted by Crippen LogP contribution is 2.32. The minimum atomic E-state index is -4.80. The van der Waals surface area contributed by atoms with E-state index in [1.54, 1.807) is 0 Å². The van der Waals surface area contributed by atoms with Gasteiger partial charge in [-0.1, -0.05) is 13.8 Å². The van der Waals surface area contributed by atoms with Crippen LogP contribution in [0.25, 0.3) is 0 Å². The van der Waals surface area contributed by atoms with Crippen LogP contribution < -0.4 is 4.72 Å². The molecule has 0 saturated heterocycles. The lowest BCUT2D eigenvalue weighted by molar-refractivity contribution is -0.140. The van der Waals surface area contributed by atoms with Crippen molar-refractivity contribution in [2.45, 2.75) is 31.0 Å². The lowest BCUT2D eigenvalue weighted by Crippen LogP contribution is -2.44. The van der Waals surface area contributed by atoms with Gasteiger partial charge in [0.1, 0.15) is 6.04 Å². The van der Waals surface area contributed by atoms with Crippen LogP contribution in [0.4, 0.5) is 13.2 Å². The minimum Gasteiger partial charge on any atom is -0.480 e. The number of halogens is 3. The molecule has 23 heavy (non-hydrogen) atoms. The number of nitrogens with one attached hydrogen (secondary N) is 1. The quantitative estimate of drug-likeness (QED) is 0.844. The van der Waals surface area contributed by atoms with Crippen molar-refractivity contribution in [3.05, 3.63) is 29.3 Å². The van der Waals surface area contributed by atoms with Crippen molar-refractivity contribution >= 4 is 16.0 Å². The number of benzene rings is 1. The fourth-order valence-electron chi connectivity index (χ4n) is 1.74. The monoisotopic (exact) mass is 350 g/mol. The number of alkyl halides is 3. The van der Waals surface area contributed by atoms with Crippen LogP contribution in [0.2, 0.25) is 0 Å². The number of carbonyl (C=O) groups is 1. The van der Waals surface area contributed by atoms with Gasteiger partial charge in [0.05, 0.1) is 22.1 Å².